The third-order valence-corrected chi connectivity index (χ3v) is 4.89. The number of rotatable bonds is 7. The summed E-state index contributed by atoms with van der Waals surface area (Å²) < 4.78 is 15.0. The Bertz CT molecular complexity index is 707. The minimum atomic E-state index is -1.59. The van der Waals surface area contributed by atoms with Crippen molar-refractivity contribution in [1.82, 2.24) is 10.6 Å². The zero-order valence-electron chi connectivity index (χ0n) is 17.0. The molecule has 2 saturated carbocycles. The summed E-state index contributed by atoms with van der Waals surface area (Å²) in [5.74, 6) is -4.03. The highest BCUT2D eigenvalue weighted by Crippen LogP contribution is 2.63. The van der Waals surface area contributed by atoms with E-state index in [1.165, 1.54) is 0 Å². The van der Waals surface area contributed by atoms with Gasteiger partial charge in [0.25, 0.3) is 0 Å². The lowest BCUT2D eigenvalue weighted by molar-refractivity contribution is -0.156. The first-order valence-electron chi connectivity index (χ1n) is 9.41. The Kier molecular flexibility index (Phi) is 6.56. The Labute approximate surface area is 170 Å². The van der Waals surface area contributed by atoms with Gasteiger partial charge in [-0.15, -0.1) is 0 Å². The zero-order valence-corrected chi connectivity index (χ0v) is 17.0. The predicted molar refractivity (Wildman–Crippen MR) is 101 cm³/mol. The molecule has 0 aromatic rings. The average Bonchev–Trinajstić information content (AvgIpc) is 3.28. The molecule has 2 amide bonds. The molecule has 2 aliphatic rings. The molecule has 0 bridgehead atoms. The van der Waals surface area contributed by atoms with E-state index in [4.69, 9.17) is 14.2 Å². The Morgan fingerprint density at radius 3 is 2.52 bits per heavy atom. The van der Waals surface area contributed by atoms with Crippen molar-refractivity contribution in [3.8, 4) is 0 Å². The number of carbonyl (C=O) groups excluding carboxylic acids is 4. The van der Waals surface area contributed by atoms with Crippen molar-refractivity contribution in [2.75, 3.05) is 13.2 Å². The van der Waals surface area contributed by atoms with Gasteiger partial charge in [0.1, 0.15) is 17.7 Å². The van der Waals surface area contributed by atoms with Gasteiger partial charge in [0.15, 0.2) is 0 Å². The van der Waals surface area contributed by atoms with Crippen LogP contribution in [0, 0.1) is 17.8 Å². The molecule has 0 aromatic heterocycles. The van der Waals surface area contributed by atoms with Gasteiger partial charge in [-0.1, -0.05) is 6.58 Å². The van der Waals surface area contributed by atoms with Crippen LogP contribution in [0.15, 0.2) is 12.8 Å². The third kappa shape index (κ3) is 4.87. The minimum absolute atomic E-state index is 0. The van der Waals surface area contributed by atoms with Gasteiger partial charge in [-0.3, -0.25) is 9.59 Å². The van der Waals surface area contributed by atoms with Crippen LogP contribution in [0.25, 0.3) is 0 Å². The van der Waals surface area contributed by atoms with Gasteiger partial charge in [-0.25, -0.2) is 9.59 Å². The number of fused-ring (bicyclic) bond motifs is 1. The average molecular weight is 414 g/mol. The van der Waals surface area contributed by atoms with E-state index in [2.05, 4.69) is 17.2 Å². The van der Waals surface area contributed by atoms with Crippen LogP contribution in [-0.2, 0) is 28.6 Å². The summed E-state index contributed by atoms with van der Waals surface area (Å²) in [4.78, 5) is 49.0. The lowest BCUT2D eigenvalue weighted by Crippen LogP contribution is -2.59. The van der Waals surface area contributed by atoms with Crippen LogP contribution in [0.2, 0.25) is 0 Å². The normalized spacial score (nSPS) is 29.8. The van der Waals surface area contributed by atoms with Gasteiger partial charge in [0, 0.05) is 19.7 Å². The van der Waals surface area contributed by atoms with Gasteiger partial charge < -0.3 is 30.0 Å². The van der Waals surface area contributed by atoms with Crippen molar-refractivity contribution in [1.29, 1.82) is 0 Å². The van der Waals surface area contributed by atoms with Gasteiger partial charge >= 0.3 is 18.0 Å². The maximum atomic E-state index is 12.7. The number of ether oxygens (including phenoxy) is 3. The number of aliphatic hydroxyl groups is 1. The molecule has 0 heterocycles. The van der Waals surface area contributed by atoms with Gasteiger partial charge in [0.2, 0.25) is 5.91 Å². The van der Waals surface area contributed by atoms with E-state index in [1.54, 1.807) is 27.7 Å². The molecule has 0 spiro atoms. The molecule has 3 N–H and O–H groups in total. The fourth-order valence-electron chi connectivity index (χ4n) is 3.94. The van der Waals surface area contributed by atoms with Crippen LogP contribution < -0.4 is 10.6 Å². The molecule has 29 heavy (non-hydrogen) atoms. The monoisotopic (exact) mass is 414 g/mol. The van der Waals surface area contributed by atoms with Crippen molar-refractivity contribution in [3.63, 3.8) is 0 Å². The predicted octanol–water partition coefficient (Wildman–Crippen LogP) is 0.489. The summed E-state index contributed by atoms with van der Waals surface area (Å²) in [5, 5.41) is 15.2. The van der Waals surface area contributed by atoms with Crippen LogP contribution in [0.5, 0.6) is 0 Å². The standard InChI is InChI=1S/C19H28N2O8.H2/c1-6-27-15(24)13-12-10(22)8-19(14(12)13,16(25)28-7-2)21-11(23)9-20-17(26)29-18(3,4)5;/h6,10,12-14,22H,1,7-9H2,2-5H3,(H,20,26)(H,21,23);1H/t10-,12-,13-,14-,19-;/m0./s1. The van der Waals surface area contributed by atoms with Crippen molar-refractivity contribution in [2.45, 2.75) is 51.4 Å². The Balaban J connectivity index is 0.00000450. The van der Waals surface area contributed by atoms with E-state index in [0.717, 1.165) is 6.26 Å². The summed E-state index contributed by atoms with van der Waals surface area (Å²) in [5.41, 5.74) is -2.32. The number of hydrogen-bond donors (Lipinski definition) is 3. The molecular formula is C19H30N2O8. The van der Waals surface area contributed by atoms with Crippen molar-refractivity contribution in [2.24, 2.45) is 17.8 Å². The van der Waals surface area contributed by atoms with E-state index in [9.17, 15) is 24.3 Å². The van der Waals surface area contributed by atoms with Crippen molar-refractivity contribution in [3.05, 3.63) is 12.8 Å². The number of nitrogens with one attached hydrogen (secondary N) is 2. The van der Waals surface area contributed by atoms with E-state index >= 15 is 0 Å². The molecule has 2 aliphatic carbocycles. The zero-order chi connectivity index (χ0) is 22.0. The van der Waals surface area contributed by atoms with E-state index < -0.39 is 65.5 Å². The van der Waals surface area contributed by atoms with E-state index in [1.807, 2.05) is 0 Å². The summed E-state index contributed by atoms with van der Waals surface area (Å²) >= 11 is 0. The topological polar surface area (TPSA) is 140 Å². The number of amides is 2. The number of esters is 2. The maximum absolute atomic E-state index is 12.7. The Hall–Kier alpha value is -2.62. The summed E-state index contributed by atoms with van der Waals surface area (Å²) in [6.07, 6.45) is -0.915. The van der Waals surface area contributed by atoms with Crippen LogP contribution in [0.3, 0.4) is 0 Å². The molecule has 10 nitrogen and oxygen atoms in total. The Morgan fingerprint density at radius 1 is 1.31 bits per heavy atom. The fourth-order valence-corrected chi connectivity index (χ4v) is 3.94. The molecule has 10 heteroatoms. The molecule has 2 fully saturated rings. The molecule has 2 rings (SSSR count). The molecule has 0 aliphatic heterocycles. The quantitative estimate of drug-likeness (QED) is 0.311. The lowest BCUT2D eigenvalue weighted by atomic mass is 9.89. The first-order chi connectivity index (χ1) is 13.5. The van der Waals surface area contributed by atoms with Crippen molar-refractivity contribution < 1.29 is 39.9 Å². The highest BCUT2D eigenvalue weighted by molar-refractivity contribution is 5.93. The Morgan fingerprint density at radius 2 is 1.97 bits per heavy atom. The molecule has 0 radical (unpaired) electrons. The van der Waals surface area contributed by atoms with Crippen LogP contribution >= 0.6 is 0 Å². The molecule has 164 valence electrons. The number of hydrogen-bond acceptors (Lipinski definition) is 8. The minimum Gasteiger partial charge on any atom is -0.464 e. The molecule has 5 atom stereocenters. The molecule has 0 unspecified atom stereocenters. The van der Waals surface area contributed by atoms with Crippen LogP contribution in [0.4, 0.5) is 4.79 Å². The second-order valence-corrected chi connectivity index (χ2v) is 8.10. The molecule has 0 saturated heterocycles. The highest BCUT2D eigenvalue weighted by Gasteiger charge is 2.76. The van der Waals surface area contributed by atoms with Gasteiger partial charge in [-0.2, -0.15) is 0 Å². The van der Waals surface area contributed by atoms with Crippen LogP contribution in [0.1, 0.15) is 35.5 Å². The smallest absolute Gasteiger partial charge is 0.408 e. The van der Waals surface area contributed by atoms with Crippen LogP contribution in [-0.4, -0.2) is 59.4 Å². The van der Waals surface area contributed by atoms with Crippen molar-refractivity contribution >= 4 is 23.9 Å². The SMILES string of the molecule is C=COC(=O)[C@H]1[C@H]2[C@@H]1[C@](NC(=O)CNC(=O)OC(C)(C)C)(C(=O)OCC)C[C@@H]2O.[HH]. The second-order valence-electron chi connectivity index (χ2n) is 8.10. The molecular weight excluding hydrogens is 384 g/mol. The summed E-state index contributed by atoms with van der Waals surface area (Å²) in [6, 6.07) is 0. The second kappa shape index (κ2) is 8.40. The number of alkyl carbamates (subject to hydrolysis) is 1. The summed E-state index contributed by atoms with van der Waals surface area (Å²) in [7, 11) is 0. The number of aliphatic hydroxyl groups excluding tert-OH is 1. The number of carbonyl (C=O) groups is 4. The van der Waals surface area contributed by atoms with E-state index in [0.29, 0.717) is 0 Å². The fraction of sp³-hybridized carbons (Fsp3) is 0.684. The van der Waals surface area contributed by atoms with E-state index in [-0.39, 0.29) is 14.5 Å². The van der Waals surface area contributed by atoms with Gasteiger partial charge in [-0.05, 0) is 27.7 Å². The van der Waals surface area contributed by atoms with Gasteiger partial charge in [0.05, 0.1) is 24.9 Å². The first kappa shape index (κ1) is 22.7. The molecule has 0 aromatic carbocycles. The maximum Gasteiger partial charge on any atom is 0.408 e. The highest BCUT2D eigenvalue weighted by atomic mass is 16.6. The first-order valence-corrected chi connectivity index (χ1v) is 9.41. The summed E-state index contributed by atoms with van der Waals surface area (Å²) in [6.45, 7) is 9.57. The third-order valence-electron chi connectivity index (χ3n) is 4.89. The lowest BCUT2D eigenvalue weighted by Gasteiger charge is -2.31. The largest absolute Gasteiger partial charge is 0.464 e.